The van der Waals surface area contributed by atoms with Crippen LogP contribution in [0, 0.1) is 11.3 Å². The number of allylic oxidation sites excluding steroid dienone is 1. The van der Waals surface area contributed by atoms with E-state index in [1.165, 1.54) is 12.4 Å². The van der Waals surface area contributed by atoms with Crippen LogP contribution in [-0.4, -0.2) is 21.0 Å². The van der Waals surface area contributed by atoms with Gasteiger partial charge in [0.2, 0.25) is 11.8 Å². The Balaban J connectivity index is 1.93. The number of aliphatic carboxylic acids is 1. The maximum absolute atomic E-state index is 11.8. The molecule has 0 atom stereocenters. The van der Waals surface area contributed by atoms with E-state index in [2.05, 4.69) is 16.0 Å². The molecule has 0 bridgehead atoms. The van der Waals surface area contributed by atoms with E-state index in [9.17, 15) is 15.2 Å². The van der Waals surface area contributed by atoms with Crippen molar-refractivity contribution in [3.63, 3.8) is 0 Å². The first-order valence-electron chi connectivity index (χ1n) is 9.22. The number of ether oxygens (including phenoxy) is 2. The number of hydrogen-bond donors (Lipinski definition) is 1. The van der Waals surface area contributed by atoms with Crippen molar-refractivity contribution in [3.8, 4) is 29.3 Å². The Hall–Kier alpha value is -4.18. The van der Waals surface area contributed by atoms with Crippen LogP contribution in [0.1, 0.15) is 31.4 Å². The number of carboxylic acids is 1. The first kappa shape index (κ1) is 20.6. The normalized spacial score (nSPS) is 11.2. The van der Waals surface area contributed by atoms with Gasteiger partial charge in [0.1, 0.15) is 23.9 Å². The van der Waals surface area contributed by atoms with Crippen molar-refractivity contribution < 1.29 is 19.4 Å². The van der Waals surface area contributed by atoms with Crippen LogP contribution in [0.2, 0.25) is 0 Å². The molecular weight excluding hydrogens is 382 g/mol. The van der Waals surface area contributed by atoms with Crippen molar-refractivity contribution in [2.75, 3.05) is 0 Å². The number of benzene rings is 2. The van der Waals surface area contributed by atoms with Gasteiger partial charge in [0.25, 0.3) is 0 Å². The minimum atomic E-state index is -1.02. The van der Waals surface area contributed by atoms with Crippen LogP contribution < -0.4 is 9.47 Å². The maximum atomic E-state index is 11.8. The highest BCUT2D eigenvalue weighted by atomic mass is 16.5. The second-order valence-corrected chi connectivity index (χ2v) is 6.32. The highest BCUT2D eigenvalue weighted by molar-refractivity contribution is 6.17. The monoisotopic (exact) mass is 401 g/mol. The van der Waals surface area contributed by atoms with E-state index in [0.29, 0.717) is 29.0 Å². The Bertz CT molecular complexity index is 1150. The predicted molar refractivity (Wildman–Crippen MR) is 110 cm³/mol. The molecule has 0 unspecified atom stereocenters. The molecule has 0 fully saturated rings. The Labute approximate surface area is 173 Å². The average molecular weight is 401 g/mol. The summed E-state index contributed by atoms with van der Waals surface area (Å²) in [5, 5.41) is 18.9. The van der Waals surface area contributed by atoms with Crippen LogP contribution >= 0.6 is 0 Å². The zero-order valence-electron chi connectivity index (χ0n) is 16.5. The van der Waals surface area contributed by atoms with Crippen LogP contribution in [0.15, 0.2) is 66.5 Å². The summed E-state index contributed by atoms with van der Waals surface area (Å²) in [6.45, 7) is 3.68. The number of para-hydroxylation sites is 2. The van der Waals surface area contributed by atoms with Gasteiger partial charge >= 0.3 is 5.97 Å². The zero-order chi connectivity index (χ0) is 21.5. The van der Waals surface area contributed by atoms with E-state index >= 15 is 0 Å². The lowest BCUT2D eigenvalue weighted by Gasteiger charge is -2.13. The van der Waals surface area contributed by atoms with Gasteiger partial charge in [-0.25, -0.2) is 14.8 Å². The largest absolute Gasteiger partial charge is 0.478 e. The molecule has 150 valence electrons. The zero-order valence-corrected chi connectivity index (χ0v) is 16.5. The molecule has 0 aliphatic heterocycles. The number of nitrogens with zero attached hydrogens (tertiary/aromatic N) is 3. The van der Waals surface area contributed by atoms with Gasteiger partial charge in [0, 0.05) is 5.56 Å². The van der Waals surface area contributed by atoms with Gasteiger partial charge in [-0.2, -0.15) is 5.26 Å². The Morgan fingerprint density at radius 3 is 2.27 bits per heavy atom. The molecule has 1 heterocycles. The van der Waals surface area contributed by atoms with Gasteiger partial charge in [-0.05, 0) is 31.5 Å². The van der Waals surface area contributed by atoms with Gasteiger partial charge < -0.3 is 14.6 Å². The van der Waals surface area contributed by atoms with Gasteiger partial charge in [0.15, 0.2) is 0 Å². The lowest BCUT2D eigenvalue weighted by Crippen LogP contribution is -2.04. The SMILES string of the molecule is CC/C(C)=C(\C(=O)O)c1ccccc1Oc1cc(Oc2ccccc2C#N)ncn1. The molecule has 0 aliphatic carbocycles. The Morgan fingerprint density at radius 1 is 1.03 bits per heavy atom. The molecule has 0 spiro atoms. The van der Waals surface area contributed by atoms with Gasteiger partial charge in [0.05, 0.1) is 17.2 Å². The lowest BCUT2D eigenvalue weighted by molar-refractivity contribution is -0.130. The van der Waals surface area contributed by atoms with Crippen LogP contribution in [0.5, 0.6) is 23.3 Å². The van der Waals surface area contributed by atoms with Crippen molar-refractivity contribution in [1.29, 1.82) is 5.26 Å². The van der Waals surface area contributed by atoms with Crippen molar-refractivity contribution >= 4 is 11.5 Å². The average Bonchev–Trinajstić information content (AvgIpc) is 2.75. The minimum absolute atomic E-state index is 0.181. The first-order valence-corrected chi connectivity index (χ1v) is 9.22. The first-order chi connectivity index (χ1) is 14.5. The summed E-state index contributed by atoms with van der Waals surface area (Å²) in [6.07, 6.45) is 1.87. The van der Waals surface area contributed by atoms with E-state index in [1.807, 2.05) is 6.92 Å². The predicted octanol–water partition coefficient (Wildman–Crippen LogP) is 5.20. The summed E-state index contributed by atoms with van der Waals surface area (Å²) in [7, 11) is 0. The number of carbonyl (C=O) groups is 1. The molecule has 1 aromatic heterocycles. The molecule has 7 heteroatoms. The molecule has 0 aliphatic rings. The van der Waals surface area contributed by atoms with Crippen LogP contribution in [-0.2, 0) is 4.79 Å². The quantitative estimate of drug-likeness (QED) is 0.542. The van der Waals surface area contributed by atoms with Gasteiger partial charge in [-0.15, -0.1) is 0 Å². The second kappa shape index (κ2) is 9.34. The van der Waals surface area contributed by atoms with Crippen molar-refractivity contribution in [2.45, 2.75) is 20.3 Å². The molecular formula is C23H19N3O4. The highest BCUT2D eigenvalue weighted by Crippen LogP contribution is 2.33. The molecule has 1 N–H and O–H groups in total. The number of nitriles is 1. The highest BCUT2D eigenvalue weighted by Gasteiger charge is 2.18. The third kappa shape index (κ3) is 4.62. The van der Waals surface area contributed by atoms with Crippen LogP contribution in [0.3, 0.4) is 0 Å². The smallest absolute Gasteiger partial charge is 0.336 e. The van der Waals surface area contributed by atoms with Gasteiger partial charge in [-0.1, -0.05) is 42.8 Å². The summed E-state index contributed by atoms with van der Waals surface area (Å²) >= 11 is 0. The van der Waals surface area contributed by atoms with Crippen molar-refractivity contribution in [3.05, 3.63) is 77.6 Å². The summed E-state index contributed by atoms with van der Waals surface area (Å²) in [5.74, 6) is 0.0643. The third-order valence-corrected chi connectivity index (χ3v) is 4.38. The van der Waals surface area contributed by atoms with E-state index in [-0.39, 0.29) is 17.3 Å². The van der Waals surface area contributed by atoms with E-state index in [1.54, 1.807) is 55.5 Å². The number of carboxylic acid groups (broad SMARTS) is 1. The number of hydrogen-bond acceptors (Lipinski definition) is 6. The Kier molecular flexibility index (Phi) is 6.40. The Morgan fingerprint density at radius 2 is 1.63 bits per heavy atom. The second-order valence-electron chi connectivity index (χ2n) is 6.32. The summed E-state index contributed by atoms with van der Waals surface area (Å²) in [4.78, 5) is 20.0. The van der Waals surface area contributed by atoms with Crippen molar-refractivity contribution in [2.24, 2.45) is 0 Å². The minimum Gasteiger partial charge on any atom is -0.478 e. The van der Waals surface area contributed by atoms with Crippen LogP contribution in [0.25, 0.3) is 5.57 Å². The topological polar surface area (TPSA) is 105 Å². The standard InChI is InChI=1S/C23H19N3O4/c1-3-15(2)22(23(27)28)17-9-5-7-11-19(17)30-21-12-20(25-14-26-21)29-18-10-6-4-8-16(18)13-24/h4-12,14H,3H2,1-2H3,(H,27,28)/b22-15-. The maximum Gasteiger partial charge on any atom is 0.336 e. The molecule has 0 saturated carbocycles. The fraction of sp³-hybridized carbons (Fsp3) is 0.130. The molecule has 0 saturated heterocycles. The molecule has 2 aromatic carbocycles. The molecule has 7 nitrogen and oxygen atoms in total. The number of aromatic nitrogens is 2. The van der Waals surface area contributed by atoms with Gasteiger partial charge in [-0.3, -0.25) is 0 Å². The van der Waals surface area contributed by atoms with Crippen molar-refractivity contribution in [1.82, 2.24) is 9.97 Å². The molecule has 30 heavy (non-hydrogen) atoms. The molecule has 0 amide bonds. The lowest BCUT2D eigenvalue weighted by atomic mass is 9.98. The van der Waals surface area contributed by atoms with E-state index in [4.69, 9.17) is 9.47 Å². The molecule has 0 radical (unpaired) electrons. The van der Waals surface area contributed by atoms with E-state index in [0.717, 1.165) is 5.57 Å². The van der Waals surface area contributed by atoms with E-state index < -0.39 is 5.97 Å². The number of rotatable bonds is 7. The summed E-state index contributed by atoms with van der Waals surface area (Å²) < 4.78 is 11.6. The fourth-order valence-corrected chi connectivity index (χ4v) is 2.77. The summed E-state index contributed by atoms with van der Waals surface area (Å²) in [5.41, 5.74) is 1.76. The summed E-state index contributed by atoms with van der Waals surface area (Å²) in [6, 6.07) is 17.2. The van der Waals surface area contributed by atoms with Crippen LogP contribution in [0.4, 0.5) is 0 Å². The fourth-order valence-electron chi connectivity index (χ4n) is 2.77. The third-order valence-electron chi connectivity index (χ3n) is 4.38. The molecule has 3 rings (SSSR count). The molecule has 3 aromatic rings.